The van der Waals surface area contributed by atoms with Gasteiger partial charge in [-0.2, -0.15) is 13.2 Å². The Morgan fingerprint density at radius 2 is 2.00 bits per heavy atom. The van der Waals surface area contributed by atoms with Gasteiger partial charge in [0.1, 0.15) is 5.84 Å². The van der Waals surface area contributed by atoms with Crippen molar-refractivity contribution in [2.75, 3.05) is 18.5 Å². The van der Waals surface area contributed by atoms with Gasteiger partial charge in [0.25, 0.3) is 0 Å². The predicted molar refractivity (Wildman–Crippen MR) is 61.4 cm³/mol. The number of nitrogen functional groups attached to an aromatic ring is 1. The van der Waals surface area contributed by atoms with Crippen molar-refractivity contribution in [3.05, 3.63) is 29.3 Å². The second-order valence-electron chi connectivity index (χ2n) is 3.66. The van der Waals surface area contributed by atoms with Crippen molar-refractivity contribution in [2.45, 2.75) is 13.1 Å². The molecule has 1 aromatic rings. The average molecular weight is 245 g/mol. The van der Waals surface area contributed by atoms with E-state index in [-0.39, 0.29) is 11.4 Å². The Morgan fingerprint density at radius 1 is 1.41 bits per heavy atom. The third kappa shape index (κ3) is 2.89. The lowest BCUT2D eigenvalue weighted by Gasteiger charge is -2.21. The lowest BCUT2D eigenvalue weighted by Crippen LogP contribution is -2.22. The molecule has 0 aliphatic rings. The first kappa shape index (κ1) is 13.3. The highest BCUT2D eigenvalue weighted by atomic mass is 19.4. The minimum absolute atomic E-state index is 0.101. The Morgan fingerprint density at radius 3 is 2.41 bits per heavy atom. The summed E-state index contributed by atoms with van der Waals surface area (Å²) in [4.78, 5) is 1.73. The van der Waals surface area contributed by atoms with E-state index in [9.17, 15) is 13.2 Å². The first-order valence-corrected chi connectivity index (χ1v) is 5.04. The molecule has 0 heterocycles. The molecule has 17 heavy (non-hydrogen) atoms. The summed E-state index contributed by atoms with van der Waals surface area (Å²) in [6, 6.07) is 3.24. The number of nitrogens with zero attached hydrogens (tertiary/aromatic N) is 1. The number of anilines is 1. The number of benzene rings is 1. The largest absolute Gasteiger partial charge is 0.416 e. The lowest BCUT2D eigenvalue weighted by molar-refractivity contribution is -0.137. The molecule has 0 fully saturated rings. The summed E-state index contributed by atoms with van der Waals surface area (Å²) in [7, 11) is 1.73. The van der Waals surface area contributed by atoms with Crippen LogP contribution in [-0.2, 0) is 6.18 Å². The van der Waals surface area contributed by atoms with Crippen molar-refractivity contribution in [3.63, 3.8) is 0 Å². The summed E-state index contributed by atoms with van der Waals surface area (Å²) in [5.41, 5.74) is 5.14. The topological polar surface area (TPSA) is 53.1 Å². The van der Waals surface area contributed by atoms with Crippen LogP contribution in [0.15, 0.2) is 18.2 Å². The average Bonchev–Trinajstić information content (AvgIpc) is 2.25. The van der Waals surface area contributed by atoms with Crippen molar-refractivity contribution < 1.29 is 13.2 Å². The van der Waals surface area contributed by atoms with Crippen LogP contribution >= 0.6 is 0 Å². The van der Waals surface area contributed by atoms with Crippen LogP contribution in [0.2, 0.25) is 0 Å². The van der Waals surface area contributed by atoms with Crippen LogP contribution in [0.25, 0.3) is 0 Å². The van der Waals surface area contributed by atoms with Crippen LogP contribution in [0, 0.1) is 5.41 Å². The summed E-state index contributed by atoms with van der Waals surface area (Å²) in [5, 5.41) is 7.33. The number of hydrogen-bond donors (Lipinski definition) is 2. The fourth-order valence-electron chi connectivity index (χ4n) is 1.43. The molecule has 94 valence electrons. The molecule has 0 aliphatic heterocycles. The van der Waals surface area contributed by atoms with Crippen molar-refractivity contribution >= 4 is 11.5 Å². The molecule has 1 rings (SSSR count). The number of amidine groups is 1. The number of nitrogens with one attached hydrogen (secondary N) is 1. The molecule has 0 saturated heterocycles. The van der Waals surface area contributed by atoms with E-state index in [4.69, 9.17) is 11.1 Å². The van der Waals surface area contributed by atoms with E-state index in [2.05, 4.69) is 0 Å². The summed E-state index contributed by atoms with van der Waals surface area (Å²) in [6.07, 6.45) is -4.42. The molecule has 3 N–H and O–H groups in total. The molecule has 0 spiro atoms. The second-order valence-corrected chi connectivity index (χ2v) is 3.66. The van der Waals surface area contributed by atoms with Gasteiger partial charge < -0.3 is 10.6 Å². The SMILES string of the molecule is CCN(C)c1ccc(C(F)(F)F)cc1C(=N)N. The van der Waals surface area contributed by atoms with Crippen LogP contribution in [0.4, 0.5) is 18.9 Å². The van der Waals surface area contributed by atoms with Crippen molar-refractivity contribution in [1.29, 1.82) is 5.41 Å². The Labute approximate surface area is 97.5 Å². The van der Waals surface area contributed by atoms with Crippen LogP contribution in [0.5, 0.6) is 0 Å². The monoisotopic (exact) mass is 245 g/mol. The molecule has 0 bridgehead atoms. The van der Waals surface area contributed by atoms with Gasteiger partial charge in [-0.1, -0.05) is 0 Å². The van der Waals surface area contributed by atoms with Crippen LogP contribution < -0.4 is 10.6 Å². The maximum atomic E-state index is 12.5. The third-order valence-corrected chi connectivity index (χ3v) is 2.50. The van der Waals surface area contributed by atoms with Crippen molar-refractivity contribution in [3.8, 4) is 0 Å². The van der Waals surface area contributed by atoms with Gasteiger partial charge in [-0.05, 0) is 25.1 Å². The fraction of sp³-hybridized carbons (Fsp3) is 0.364. The third-order valence-electron chi connectivity index (χ3n) is 2.50. The van der Waals surface area contributed by atoms with E-state index in [1.54, 1.807) is 11.9 Å². The zero-order valence-corrected chi connectivity index (χ0v) is 9.60. The molecule has 1 aromatic carbocycles. The van der Waals surface area contributed by atoms with E-state index in [0.717, 1.165) is 12.1 Å². The predicted octanol–water partition coefficient (Wildman–Crippen LogP) is 2.45. The first-order chi connectivity index (χ1) is 7.77. The molecular weight excluding hydrogens is 231 g/mol. The fourth-order valence-corrected chi connectivity index (χ4v) is 1.43. The van der Waals surface area contributed by atoms with E-state index >= 15 is 0 Å². The zero-order valence-electron chi connectivity index (χ0n) is 9.60. The Hall–Kier alpha value is -1.72. The van der Waals surface area contributed by atoms with E-state index in [1.807, 2.05) is 6.92 Å². The lowest BCUT2D eigenvalue weighted by atomic mass is 10.1. The van der Waals surface area contributed by atoms with Gasteiger partial charge in [-0.3, -0.25) is 5.41 Å². The Kier molecular flexibility index (Phi) is 3.65. The molecule has 0 saturated carbocycles. The van der Waals surface area contributed by atoms with Gasteiger partial charge in [-0.25, -0.2) is 0 Å². The first-order valence-electron chi connectivity index (χ1n) is 5.04. The van der Waals surface area contributed by atoms with Gasteiger partial charge in [0.05, 0.1) is 5.56 Å². The minimum atomic E-state index is -4.42. The minimum Gasteiger partial charge on any atom is -0.384 e. The molecular formula is C11H14F3N3. The van der Waals surface area contributed by atoms with Gasteiger partial charge in [0.2, 0.25) is 0 Å². The summed E-state index contributed by atoms with van der Waals surface area (Å²) < 4.78 is 37.6. The standard InChI is InChI=1S/C11H14F3N3/c1-3-17(2)9-5-4-7(11(12,13)14)6-8(9)10(15)16/h4-6H,3H2,1-2H3,(H3,15,16). The van der Waals surface area contributed by atoms with Crippen molar-refractivity contribution in [2.24, 2.45) is 5.73 Å². The van der Waals surface area contributed by atoms with Crippen molar-refractivity contribution in [1.82, 2.24) is 0 Å². The maximum Gasteiger partial charge on any atom is 0.416 e. The number of hydrogen-bond acceptors (Lipinski definition) is 2. The highest BCUT2D eigenvalue weighted by Gasteiger charge is 2.31. The van der Waals surface area contributed by atoms with Crippen LogP contribution in [-0.4, -0.2) is 19.4 Å². The Bertz CT molecular complexity index is 426. The van der Waals surface area contributed by atoms with E-state index in [0.29, 0.717) is 12.2 Å². The molecule has 3 nitrogen and oxygen atoms in total. The van der Waals surface area contributed by atoms with Crippen LogP contribution in [0.3, 0.4) is 0 Å². The molecule has 6 heteroatoms. The van der Waals surface area contributed by atoms with Gasteiger partial charge in [0.15, 0.2) is 0 Å². The molecule has 0 aromatic heterocycles. The quantitative estimate of drug-likeness (QED) is 0.634. The van der Waals surface area contributed by atoms with Gasteiger partial charge >= 0.3 is 6.18 Å². The second kappa shape index (κ2) is 4.65. The molecule has 0 radical (unpaired) electrons. The number of nitrogens with two attached hydrogens (primary N) is 1. The molecule has 0 unspecified atom stereocenters. The van der Waals surface area contributed by atoms with E-state index < -0.39 is 11.7 Å². The van der Waals surface area contributed by atoms with Crippen LogP contribution in [0.1, 0.15) is 18.1 Å². The smallest absolute Gasteiger partial charge is 0.384 e. The number of halogens is 3. The van der Waals surface area contributed by atoms with Gasteiger partial charge in [0, 0.05) is 24.8 Å². The molecule has 0 amide bonds. The Balaban J connectivity index is 3.32. The van der Waals surface area contributed by atoms with E-state index in [1.165, 1.54) is 6.07 Å². The normalized spacial score (nSPS) is 11.4. The highest BCUT2D eigenvalue weighted by molar-refractivity contribution is 6.00. The summed E-state index contributed by atoms with van der Waals surface area (Å²) >= 11 is 0. The summed E-state index contributed by atoms with van der Waals surface area (Å²) in [6.45, 7) is 2.48. The molecule has 0 atom stereocenters. The zero-order chi connectivity index (χ0) is 13.2. The highest BCUT2D eigenvalue weighted by Crippen LogP contribution is 2.32. The molecule has 0 aliphatic carbocycles. The maximum absolute atomic E-state index is 12.5. The summed E-state index contributed by atoms with van der Waals surface area (Å²) in [5.74, 6) is -0.369. The number of alkyl halides is 3. The number of rotatable bonds is 3. The van der Waals surface area contributed by atoms with Gasteiger partial charge in [-0.15, -0.1) is 0 Å².